The van der Waals surface area contributed by atoms with Gasteiger partial charge in [0.2, 0.25) is 11.8 Å². The number of aromatic nitrogens is 4. The van der Waals surface area contributed by atoms with Crippen LogP contribution in [0, 0.1) is 0 Å². The summed E-state index contributed by atoms with van der Waals surface area (Å²) < 4.78 is 8.07. The Morgan fingerprint density at radius 3 is 2.22 bits per heavy atom. The third-order valence-corrected chi connectivity index (χ3v) is 12.7. The number of rotatable bonds is 17. The molecule has 5 heterocycles. The van der Waals surface area contributed by atoms with Crippen LogP contribution in [-0.4, -0.2) is 84.6 Å². The van der Waals surface area contributed by atoms with Crippen molar-refractivity contribution in [1.82, 2.24) is 34.9 Å². The standard InChI is InChI=1S/C45H50N8O5S/c46-41-39-40(30-17-19-33(20-18-30)58-32-13-8-7-9-14-32)50-53(42(39)48-29-47-41)31-23-26-51(27-24-31)25-10-5-3-1-2-4-6-11-28-59-36-16-12-15-34-38(36)45(57)52(44(34)56)35-21-22-37(54)49-43(35)55/h7-9,12-20,29,31,35H,1-6,10-11,21-28H2,(H2,46,47,48)(H,49,54,55). The number of para-hydroxylation sites is 1. The van der Waals surface area contributed by atoms with E-state index in [1.54, 1.807) is 23.9 Å². The molecular weight excluding hydrogens is 765 g/mol. The average Bonchev–Trinajstić information content (AvgIpc) is 3.76. The maximum Gasteiger partial charge on any atom is 0.263 e. The van der Waals surface area contributed by atoms with Gasteiger partial charge in [0, 0.05) is 30.0 Å². The molecule has 0 bridgehead atoms. The topological polar surface area (TPSA) is 166 Å². The van der Waals surface area contributed by atoms with Crippen LogP contribution in [0.4, 0.5) is 5.82 Å². The molecular formula is C45H50N8O5S. The van der Waals surface area contributed by atoms with Crippen molar-refractivity contribution < 1.29 is 23.9 Å². The Morgan fingerprint density at radius 1 is 0.763 bits per heavy atom. The van der Waals surface area contributed by atoms with Crippen molar-refractivity contribution in [2.45, 2.75) is 94.0 Å². The number of benzene rings is 3. The molecule has 2 saturated heterocycles. The molecule has 2 fully saturated rings. The number of piperidine rings is 2. The summed E-state index contributed by atoms with van der Waals surface area (Å²) in [6, 6.07) is 22.2. The zero-order chi connectivity index (χ0) is 40.7. The smallest absolute Gasteiger partial charge is 0.263 e. The summed E-state index contributed by atoms with van der Waals surface area (Å²) in [6.07, 6.45) is 13.2. The van der Waals surface area contributed by atoms with Gasteiger partial charge in [0.15, 0.2) is 5.65 Å². The summed E-state index contributed by atoms with van der Waals surface area (Å²) in [4.78, 5) is 63.8. The number of fused-ring (bicyclic) bond motifs is 2. The van der Waals surface area contributed by atoms with Crippen molar-refractivity contribution in [2.24, 2.45) is 0 Å². The van der Waals surface area contributed by atoms with Gasteiger partial charge < -0.3 is 15.4 Å². The number of nitrogens with one attached hydrogen (secondary N) is 1. The molecule has 3 aromatic carbocycles. The number of nitrogens with zero attached hydrogens (tertiary/aromatic N) is 6. The molecule has 3 aliphatic rings. The second kappa shape index (κ2) is 18.5. The number of hydrogen-bond donors (Lipinski definition) is 2. The number of nitrogen functional groups attached to an aromatic ring is 1. The number of nitrogens with two attached hydrogens (primary N) is 1. The van der Waals surface area contributed by atoms with Gasteiger partial charge in [-0.25, -0.2) is 14.6 Å². The highest BCUT2D eigenvalue weighted by molar-refractivity contribution is 7.99. The molecule has 8 rings (SSSR count). The van der Waals surface area contributed by atoms with E-state index < -0.39 is 23.8 Å². The second-order valence-electron chi connectivity index (χ2n) is 15.6. The van der Waals surface area contributed by atoms with Crippen LogP contribution in [0.25, 0.3) is 22.3 Å². The number of thioether (sulfide) groups is 1. The Labute approximate surface area is 348 Å². The number of amides is 4. The minimum absolute atomic E-state index is 0.108. The van der Waals surface area contributed by atoms with Crippen molar-refractivity contribution in [1.29, 1.82) is 0 Å². The van der Waals surface area contributed by atoms with E-state index in [9.17, 15) is 19.2 Å². The molecule has 5 aromatic rings. The van der Waals surface area contributed by atoms with Crippen molar-refractivity contribution in [3.8, 4) is 22.8 Å². The molecule has 3 N–H and O–H groups in total. The van der Waals surface area contributed by atoms with Gasteiger partial charge >= 0.3 is 0 Å². The van der Waals surface area contributed by atoms with Crippen LogP contribution >= 0.6 is 11.8 Å². The number of carbonyl (C=O) groups is 4. The summed E-state index contributed by atoms with van der Waals surface area (Å²) in [6.45, 7) is 3.17. The fourth-order valence-corrected chi connectivity index (χ4v) is 9.51. The van der Waals surface area contributed by atoms with Gasteiger partial charge in [-0.2, -0.15) is 5.10 Å². The molecule has 0 radical (unpaired) electrons. The zero-order valence-corrected chi connectivity index (χ0v) is 34.0. The van der Waals surface area contributed by atoms with E-state index >= 15 is 0 Å². The third kappa shape index (κ3) is 9.03. The van der Waals surface area contributed by atoms with Crippen molar-refractivity contribution in [2.75, 3.05) is 31.1 Å². The first-order chi connectivity index (χ1) is 28.9. The lowest BCUT2D eigenvalue weighted by Gasteiger charge is -2.32. The zero-order valence-electron chi connectivity index (χ0n) is 33.2. The first-order valence-corrected chi connectivity index (χ1v) is 21.9. The lowest BCUT2D eigenvalue weighted by molar-refractivity contribution is -0.136. The summed E-state index contributed by atoms with van der Waals surface area (Å²) in [7, 11) is 0. The van der Waals surface area contributed by atoms with Crippen molar-refractivity contribution in [3.05, 3.63) is 90.3 Å². The largest absolute Gasteiger partial charge is 0.457 e. The SMILES string of the molecule is Nc1ncnc2c1c(-c1ccc(Oc3ccccc3)cc1)nn2C1CCN(CCCCCCCCCCSc2cccc3c2C(=O)N(C2CCC(=O)NC2=O)C3=O)CC1. The minimum atomic E-state index is -0.949. The second-order valence-corrected chi connectivity index (χ2v) is 16.7. The van der Waals surface area contributed by atoms with Gasteiger partial charge in [0.05, 0.1) is 22.6 Å². The predicted octanol–water partition coefficient (Wildman–Crippen LogP) is 7.82. The molecule has 1 unspecified atom stereocenters. The molecule has 13 nitrogen and oxygen atoms in total. The van der Waals surface area contributed by atoms with E-state index in [-0.39, 0.29) is 24.8 Å². The van der Waals surface area contributed by atoms with Gasteiger partial charge in [0.1, 0.15) is 35.4 Å². The summed E-state index contributed by atoms with van der Waals surface area (Å²) in [5, 5.41) is 8.14. The first kappa shape index (κ1) is 40.2. The molecule has 306 valence electrons. The highest BCUT2D eigenvalue weighted by Crippen LogP contribution is 2.37. The number of hydrogen-bond acceptors (Lipinski definition) is 11. The highest BCUT2D eigenvalue weighted by Gasteiger charge is 2.45. The Bertz CT molecular complexity index is 2310. The lowest BCUT2D eigenvalue weighted by atomic mass is 10.0. The van der Waals surface area contributed by atoms with Gasteiger partial charge in [-0.15, -0.1) is 11.8 Å². The number of likely N-dealkylation sites (tertiary alicyclic amines) is 1. The highest BCUT2D eigenvalue weighted by atomic mass is 32.2. The molecule has 3 aliphatic heterocycles. The summed E-state index contributed by atoms with van der Waals surface area (Å²) >= 11 is 1.59. The maximum atomic E-state index is 13.3. The predicted molar refractivity (Wildman–Crippen MR) is 227 cm³/mol. The van der Waals surface area contributed by atoms with Gasteiger partial charge in [-0.1, -0.05) is 62.8 Å². The number of imide groups is 2. The minimum Gasteiger partial charge on any atom is -0.457 e. The molecule has 0 spiro atoms. The van der Waals surface area contributed by atoms with Crippen molar-refractivity contribution in [3.63, 3.8) is 0 Å². The molecule has 4 amide bonds. The molecule has 0 aliphatic carbocycles. The monoisotopic (exact) mass is 814 g/mol. The van der Waals surface area contributed by atoms with Crippen LogP contribution in [0.15, 0.2) is 84.0 Å². The third-order valence-electron chi connectivity index (χ3n) is 11.6. The quantitative estimate of drug-likeness (QED) is 0.0534. The normalized spacial score (nSPS) is 17.5. The lowest BCUT2D eigenvalue weighted by Crippen LogP contribution is -2.54. The van der Waals surface area contributed by atoms with E-state index in [2.05, 4.69) is 24.9 Å². The van der Waals surface area contributed by atoms with E-state index in [4.69, 9.17) is 15.6 Å². The van der Waals surface area contributed by atoms with E-state index in [0.717, 1.165) is 94.7 Å². The van der Waals surface area contributed by atoms with E-state index in [1.165, 1.54) is 44.9 Å². The molecule has 59 heavy (non-hydrogen) atoms. The Morgan fingerprint density at radius 2 is 1.47 bits per heavy atom. The van der Waals surface area contributed by atoms with Crippen LogP contribution in [0.1, 0.15) is 104 Å². The van der Waals surface area contributed by atoms with E-state index in [0.29, 0.717) is 16.9 Å². The Hall–Kier alpha value is -5.60. The first-order valence-electron chi connectivity index (χ1n) is 20.9. The van der Waals surface area contributed by atoms with Gasteiger partial charge in [-0.3, -0.25) is 29.4 Å². The van der Waals surface area contributed by atoms with Crippen molar-refractivity contribution >= 4 is 52.2 Å². The van der Waals surface area contributed by atoms with E-state index in [1.807, 2.05) is 60.7 Å². The number of unbranched alkanes of at least 4 members (excludes halogenated alkanes) is 7. The summed E-state index contributed by atoms with van der Waals surface area (Å²) in [5.74, 6) is 0.951. The van der Waals surface area contributed by atoms with Gasteiger partial charge in [0.25, 0.3) is 11.8 Å². The molecule has 2 aromatic heterocycles. The fraction of sp³-hybridized carbons (Fsp3) is 0.400. The average molecular weight is 815 g/mol. The van der Waals surface area contributed by atoms with Crippen LogP contribution in [-0.2, 0) is 9.59 Å². The van der Waals surface area contributed by atoms with Gasteiger partial charge in [-0.05, 0) is 92.9 Å². The number of anilines is 1. The van der Waals surface area contributed by atoms with Crippen LogP contribution < -0.4 is 15.8 Å². The summed E-state index contributed by atoms with van der Waals surface area (Å²) in [5.41, 5.74) is 9.64. The molecule has 0 saturated carbocycles. The van der Waals surface area contributed by atoms with Crippen LogP contribution in [0.3, 0.4) is 0 Å². The Kier molecular flexibility index (Phi) is 12.6. The van der Waals surface area contributed by atoms with Crippen LogP contribution in [0.5, 0.6) is 11.5 Å². The number of ether oxygens (including phenoxy) is 1. The molecule has 14 heteroatoms. The van der Waals surface area contributed by atoms with Crippen LogP contribution in [0.2, 0.25) is 0 Å². The maximum absolute atomic E-state index is 13.3. The molecule has 1 atom stereocenters. The fourth-order valence-electron chi connectivity index (χ4n) is 8.43. The number of carbonyl (C=O) groups excluding carboxylic acids is 4. The Balaban J connectivity index is 0.723.